The minimum absolute atomic E-state index is 0.143. The summed E-state index contributed by atoms with van der Waals surface area (Å²) in [5, 5.41) is 4.75. The second kappa shape index (κ2) is 5.30. The number of rotatable bonds is 2. The Morgan fingerprint density at radius 2 is 2.10 bits per heavy atom. The van der Waals surface area contributed by atoms with Gasteiger partial charge in [-0.25, -0.2) is 0 Å². The average Bonchev–Trinajstić information content (AvgIpc) is 2.45. The minimum Gasteiger partial charge on any atom is -0.384 e. The van der Waals surface area contributed by atoms with Crippen LogP contribution in [0.2, 0.25) is 0 Å². The molecule has 0 aliphatic carbocycles. The fourth-order valence-corrected chi connectivity index (χ4v) is 2.90. The molecule has 1 N–H and O–H groups in total. The molecule has 3 rings (SSSR count). The molecule has 21 heavy (non-hydrogen) atoms. The van der Waals surface area contributed by atoms with Crippen LogP contribution in [0, 0.1) is 0 Å². The normalized spacial score (nSPS) is 15.0. The number of benzene rings is 1. The van der Waals surface area contributed by atoms with Gasteiger partial charge in [-0.2, -0.15) is 0 Å². The highest BCUT2D eigenvalue weighted by molar-refractivity contribution is 5.94. The maximum atomic E-state index is 5.65. The van der Waals surface area contributed by atoms with E-state index >= 15 is 0 Å². The molecule has 0 bridgehead atoms. The van der Waals surface area contributed by atoms with Crippen molar-refractivity contribution >= 4 is 16.6 Å². The van der Waals surface area contributed by atoms with Gasteiger partial charge in [0.1, 0.15) is 0 Å². The Hall–Kier alpha value is -1.61. The molecule has 0 amide bonds. The topological polar surface area (TPSA) is 34.2 Å². The average molecular weight is 284 g/mol. The van der Waals surface area contributed by atoms with Crippen molar-refractivity contribution < 1.29 is 4.74 Å². The van der Waals surface area contributed by atoms with E-state index in [-0.39, 0.29) is 5.41 Å². The predicted molar refractivity (Wildman–Crippen MR) is 88.0 cm³/mol. The maximum absolute atomic E-state index is 5.65. The molecular weight excluding hydrogens is 260 g/mol. The zero-order valence-electron chi connectivity index (χ0n) is 13.4. The highest BCUT2D eigenvalue weighted by Crippen LogP contribution is 2.34. The quantitative estimate of drug-likeness (QED) is 0.904. The van der Waals surface area contributed by atoms with Gasteiger partial charge < -0.3 is 10.1 Å². The van der Waals surface area contributed by atoms with Crippen LogP contribution in [-0.2, 0) is 23.2 Å². The number of hydrogen-bond acceptors (Lipinski definition) is 3. The highest BCUT2D eigenvalue weighted by Gasteiger charge is 2.20. The number of hydrogen-bond donors (Lipinski definition) is 1. The Labute approximate surface area is 126 Å². The fraction of sp³-hybridized carbons (Fsp3) is 0.500. The minimum atomic E-state index is 0.143. The zero-order valence-corrected chi connectivity index (χ0v) is 13.4. The first-order chi connectivity index (χ1) is 10.0. The van der Waals surface area contributed by atoms with Crippen LogP contribution < -0.4 is 5.32 Å². The molecular formula is C18H24N2O. The number of pyridine rings is 1. The van der Waals surface area contributed by atoms with Gasteiger partial charge in [0.15, 0.2) is 0 Å². The highest BCUT2D eigenvalue weighted by atomic mass is 16.5. The molecule has 0 saturated heterocycles. The third-order valence-electron chi connectivity index (χ3n) is 4.12. The van der Waals surface area contributed by atoms with Gasteiger partial charge in [0.2, 0.25) is 0 Å². The van der Waals surface area contributed by atoms with E-state index in [1.54, 1.807) is 0 Å². The Kier molecular flexibility index (Phi) is 3.62. The first-order valence-corrected chi connectivity index (χ1v) is 7.78. The lowest BCUT2D eigenvalue weighted by atomic mass is 9.86. The van der Waals surface area contributed by atoms with E-state index in [0.29, 0.717) is 6.61 Å². The molecule has 2 aromatic rings. The number of nitrogens with one attached hydrogen (secondary N) is 1. The third kappa shape index (κ3) is 2.62. The summed E-state index contributed by atoms with van der Waals surface area (Å²) < 4.78 is 5.65. The molecule has 2 heterocycles. The third-order valence-corrected chi connectivity index (χ3v) is 4.12. The van der Waals surface area contributed by atoms with Crippen LogP contribution in [0.25, 0.3) is 10.9 Å². The van der Waals surface area contributed by atoms with Crippen LogP contribution >= 0.6 is 0 Å². The van der Waals surface area contributed by atoms with E-state index in [9.17, 15) is 0 Å². The lowest BCUT2D eigenvalue weighted by Crippen LogP contribution is -2.16. The Morgan fingerprint density at radius 1 is 1.29 bits per heavy atom. The standard InChI is InChI=1S/C18H24N2O/c1-5-19-17-13-10-12(18(2,3)4)6-7-15(13)20-16-8-9-21-11-14(16)17/h6-7,10H,5,8-9,11H2,1-4H3,(H,19,20). The van der Waals surface area contributed by atoms with Crippen LogP contribution in [0.15, 0.2) is 18.2 Å². The molecule has 112 valence electrons. The molecule has 1 aromatic heterocycles. The van der Waals surface area contributed by atoms with Gasteiger partial charge in [0.25, 0.3) is 0 Å². The van der Waals surface area contributed by atoms with E-state index in [4.69, 9.17) is 9.72 Å². The lowest BCUT2D eigenvalue weighted by Gasteiger charge is -2.24. The van der Waals surface area contributed by atoms with Gasteiger partial charge in [-0.1, -0.05) is 26.8 Å². The molecule has 0 atom stereocenters. The van der Waals surface area contributed by atoms with Crippen molar-refractivity contribution in [2.75, 3.05) is 18.5 Å². The summed E-state index contributed by atoms with van der Waals surface area (Å²) in [5.41, 5.74) is 6.20. The van der Waals surface area contributed by atoms with Crippen molar-refractivity contribution in [3.05, 3.63) is 35.0 Å². The summed E-state index contributed by atoms with van der Waals surface area (Å²) in [6, 6.07) is 6.65. The summed E-state index contributed by atoms with van der Waals surface area (Å²) >= 11 is 0. The Morgan fingerprint density at radius 3 is 2.81 bits per heavy atom. The van der Waals surface area contributed by atoms with Gasteiger partial charge >= 0.3 is 0 Å². The number of nitrogens with zero attached hydrogens (tertiary/aromatic N) is 1. The first kappa shape index (κ1) is 14.3. The van der Waals surface area contributed by atoms with Crippen molar-refractivity contribution in [2.24, 2.45) is 0 Å². The van der Waals surface area contributed by atoms with Crippen LogP contribution in [0.3, 0.4) is 0 Å². The lowest BCUT2D eigenvalue weighted by molar-refractivity contribution is 0.110. The second-order valence-electron chi connectivity index (χ2n) is 6.73. The van der Waals surface area contributed by atoms with E-state index in [0.717, 1.165) is 25.1 Å². The van der Waals surface area contributed by atoms with Crippen LogP contribution in [-0.4, -0.2) is 18.1 Å². The van der Waals surface area contributed by atoms with Gasteiger partial charge in [-0.15, -0.1) is 0 Å². The molecule has 3 heteroatoms. The molecule has 1 aliphatic heterocycles. The number of ether oxygens (including phenoxy) is 1. The number of aromatic nitrogens is 1. The van der Waals surface area contributed by atoms with Crippen molar-refractivity contribution in [3.63, 3.8) is 0 Å². The second-order valence-corrected chi connectivity index (χ2v) is 6.73. The van der Waals surface area contributed by atoms with Gasteiger partial charge in [0.05, 0.1) is 30.1 Å². The summed E-state index contributed by atoms with van der Waals surface area (Å²) in [4.78, 5) is 4.86. The SMILES string of the molecule is CCNc1c2c(nc3ccc(C(C)(C)C)cc13)CCOC2. The van der Waals surface area contributed by atoms with Crippen molar-refractivity contribution in [1.82, 2.24) is 4.98 Å². The Balaban J connectivity index is 2.26. The molecule has 0 fully saturated rings. The Bertz CT molecular complexity index is 671. The van der Waals surface area contributed by atoms with Gasteiger partial charge in [0, 0.05) is 23.9 Å². The summed E-state index contributed by atoms with van der Waals surface area (Å²) in [6.07, 6.45) is 0.907. The first-order valence-electron chi connectivity index (χ1n) is 7.78. The van der Waals surface area contributed by atoms with E-state index in [2.05, 4.69) is 51.2 Å². The van der Waals surface area contributed by atoms with Gasteiger partial charge in [-0.3, -0.25) is 4.98 Å². The predicted octanol–water partition coefficient (Wildman–Crippen LogP) is 4.04. The molecule has 3 nitrogen and oxygen atoms in total. The van der Waals surface area contributed by atoms with Gasteiger partial charge in [-0.05, 0) is 30.0 Å². The smallest absolute Gasteiger partial charge is 0.0755 e. The van der Waals surface area contributed by atoms with Crippen LogP contribution in [0.5, 0.6) is 0 Å². The number of anilines is 1. The molecule has 0 saturated carbocycles. The molecule has 1 aliphatic rings. The number of fused-ring (bicyclic) bond motifs is 2. The van der Waals surface area contributed by atoms with Crippen molar-refractivity contribution in [1.29, 1.82) is 0 Å². The molecule has 1 aromatic carbocycles. The van der Waals surface area contributed by atoms with Crippen molar-refractivity contribution in [3.8, 4) is 0 Å². The largest absolute Gasteiger partial charge is 0.384 e. The summed E-state index contributed by atoms with van der Waals surface area (Å²) in [7, 11) is 0. The monoisotopic (exact) mass is 284 g/mol. The van der Waals surface area contributed by atoms with E-state index < -0.39 is 0 Å². The van der Waals surface area contributed by atoms with Crippen LogP contribution in [0.4, 0.5) is 5.69 Å². The molecule has 0 radical (unpaired) electrons. The maximum Gasteiger partial charge on any atom is 0.0755 e. The molecule has 0 unspecified atom stereocenters. The molecule has 0 spiro atoms. The summed E-state index contributed by atoms with van der Waals surface area (Å²) in [6.45, 7) is 11.2. The summed E-state index contributed by atoms with van der Waals surface area (Å²) in [5.74, 6) is 0. The van der Waals surface area contributed by atoms with Crippen molar-refractivity contribution in [2.45, 2.75) is 46.1 Å². The zero-order chi connectivity index (χ0) is 15.0. The van der Waals surface area contributed by atoms with E-state index in [1.807, 2.05) is 0 Å². The fourth-order valence-electron chi connectivity index (χ4n) is 2.90. The van der Waals surface area contributed by atoms with E-state index in [1.165, 1.54) is 27.9 Å². The van der Waals surface area contributed by atoms with Crippen LogP contribution in [0.1, 0.15) is 44.5 Å².